The van der Waals surface area contributed by atoms with Gasteiger partial charge in [0.2, 0.25) is 5.91 Å². The average molecular weight is 262 g/mol. The average Bonchev–Trinajstić information content (AvgIpc) is 2.75. The number of rotatable bonds is 5. The van der Waals surface area contributed by atoms with Crippen molar-refractivity contribution in [2.24, 2.45) is 0 Å². The number of likely N-dealkylation sites (tertiary alicyclic amines) is 1. The molecule has 1 saturated heterocycles. The number of carbonyl (C=O) groups is 1. The Hall–Kier alpha value is -1.39. The Kier molecular flexibility index (Phi) is 4.93. The second-order valence-electron chi connectivity index (χ2n) is 5.26. The molecule has 0 bridgehead atoms. The van der Waals surface area contributed by atoms with Gasteiger partial charge in [-0.2, -0.15) is 0 Å². The van der Waals surface area contributed by atoms with E-state index in [1.165, 1.54) is 0 Å². The maximum atomic E-state index is 11.8. The third-order valence-corrected chi connectivity index (χ3v) is 3.43. The first-order valence-corrected chi connectivity index (χ1v) is 6.90. The van der Waals surface area contributed by atoms with Crippen molar-refractivity contribution in [3.63, 3.8) is 0 Å². The van der Waals surface area contributed by atoms with Gasteiger partial charge in [-0.05, 0) is 44.0 Å². The third-order valence-electron chi connectivity index (χ3n) is 3.43. The van der Waals surface area contributed by atoms with Crippen LogP contribution < -0.4 is 5.32 Å². The number of aliphatic hydroxyl groups excluding tert-OH is 1. The number of anilines is 1. The molecule has 1 amide bonds. The Balaban J connectivity index is 1.67. The molecule has 0 spiro atoms. The van der Waals surface area contributed by atoms with Crippen molar-refractivity contribution >= 4 is 11.6 Å². The van der Waals surface area contributed by atoms with Crippen LogP contribution in [0.2, 0.25) is 0 Å². The maximum Gasteiger partial charge on any atom is 0.224 e. The van der Waals surface area contributed by atoms with Crippen molar-refractivity contribution in [1.82, 2.24) is 4.90 Å². The number of β-amino-alcohol motifs (C(OH)–C–C–N with tert-alkyl or cyclic N) is 1. The smallest absolute Gasteiger partial charge is 0.224 e. The summed E-state index contributed by atoms with van der Waals surface area (Å²) >= 11 is 0. The second kappa shape index (κ2) is 6.68. The largest absolute Gasteiger partial charge is 0.392 e. The molecule has 2 rings (SSSR count). The Morgan fingerprint density at radius 2 is 2.37 bits per heavy atom. The van der Waals surface area contributed by atoms with Crippen LogP contribution in [0.25, 0.3) is 0 Å². The summed E-state index contributed by atoms with van der Waals surface area (Å²) < 4.78 is 0. The highest BCUT2D eigenvalue weighted by molar-refractivity contribution is 5.90. The molecule has 1 aliphatic rings. The number of nitrogens with one attached hydrogen (secondary N) is 1. The van der Waals surface area contributed by atoms with Crippen molar-refractivity contribution in [2.75, 3.05) is 25.0 Å². The van der Waals surface area contributed by atoms with Gasteiger partial charge in [0.15, 0.2) is 0 Å². The first kappa shape index (κ1) is 14.0. The zero-order valence-corrected chi connectivity index (χ0v) is 11.4. The standard InChI is InChI=1S/C15H22N2O2/c1-12-4-2-5-13(10-12)16-15(19)6-3-8-17-9-7-14(18)11-17/h2,4-5,10,14,18H,3,6-9,11H2,1H3,(H,16,19)/t14-/m1/s1. The molecular formula is C15H22N2O2. The number of amides is 1. The molecule has 0 radical (unpaired) electrons. The summed E-state index contributed by atoms with van der Waals surface area (Å²) in [6.45, 7) is 4.59. The lowest BCUT2D eigenvalue weighted by Crippen LogP contribution is -2.24. The quantitative estimate of drug-likeness (QED) is 0.850. The molecule has 1 heterocycles. The molecule has 0 aromatic heterocycles. The van der Waals surface area contributed by atoms with Gasteiger partial charge in [0, 0.05) is 25.2 Å². The van der Waals surface area contributed by atoms with Crippen molar-refractivity contribution in [1.29, 1.82) is 0 Å². The zero-order valence-electron chi connectivity index (χ0n) is 11.4. The predicted octanol–water partition coefficient (Wildman–Crippen LogP) is 1.78. The fraction of sp³-hybridized carbons (Fsp3) is 0.533. The van der Waals surface area contributed by atoms with Gasteiger partial charge in [-0.25, -0.2) is 0 Å². The Bertz CT molecular complexity index is 434. The van der Waals surface area contributed by atoms with Gasteiger partial charge in [-0.1, -0.05) is 12.1 Å². The molecule has 1 aliphatic heterocycles. The number of benzene rings is 1. The molecule has 1 aromatic rings. The van der Waals surface area contributed by atoms with Crippen LogP contribution in [0.15, 0.2) is 24.3 Å². The molecule has 1 aromatic carbocycles. The van der Waals surface area contributed by atoms with Crippen LogP contribution in [-0.4, -0.2) is 41.7 Å². The number of nitrogens with zero attached hydrogens (tertiary/aromatic N) is 1. The monoisotopic (exact) mass is 262 g/mol. The molecule has 4 heteroatoms. The summed E-state index contributed by atoms with van der Waals surface area (Å²) in [5, 5.41) is 12.3. The van der Waals surface area contributed by atoms with E-state index in [0.29, 0.717) is 6.42 Å². The number of aryl methyl sites for hydroxylation is 1. The summed E-state index contributed by atoms with van der Waals surface area (Å²) in [6, 6.07) is 7.82. The van der Waals surface area contributed by atoms with Gasteiger partial charge < -0.3 is 15.3 Å². The van der Waals surface area contributed by atoms with E-state index in [9.17, 15) is 9.90 Å². The fourth-order valence-electron chi connectivity index (χ4n) is 2.42. The molecule has 0 aliphatic carbocycles. The molecule has 4 nitrogen and oxygen atoms in total. The van der Waals surface area contributed by atoms with Crippen LogP contribution in [0.5, 0.6) is 0 Å². The minimum atomic E-state index is -0.180. The van der Waals surface area contributed by atoms with E-state index in [4.69, 9.17) is 0 Å². The molecule has 19 heavy (non-hydrogen) atoms. The Labute approximate surface area is 114 Å². The van der Waals surface area contributed by atoms with Gasteiger partial charge in [0.25, 0.3) is 0 Å². The van der Waals surface area contributed by atoms with Crippen molar-refractivity contribution in [3.05, 3.63) is 29.8 Å². The minimum absolute atomic E-state index is 0.0605. The SMILES string of the molecule is Cc1cccc(NC(=O)CCCN2CC[C@@H](O)C2)c1. The molecule has 104 valence electrons. The molecular weight excluding hydrogens is 240 g/mol. The van der Waals surface area contributed by atoms with Gasteiger partial charge in [0.1, 0.15) is 0 Å². The van der Waals surface area contributed by atoms with Crippen LogP contribution in [0.3, 0.4) is 0 Å². The van der Waals surface area contributed by atoms with E-state index < -0.39 is 0 Å². The van der Waals surface area contributed by atoms with Crippen LogP contribution in [-0.2, 0) is 4.79 Å². The fourth-order valence-corrected chi connectivity index (χ4v) is 2.42. The summed E-state index contributed by atoms with van der Waals surface area (Å²) in [5.41, 5.74) is 2.01. The molecule has 0 unspecified atom stereocenters. The van der Waals surface area contributed by atoms with E-state index in [-0.39, 0.29) is 12.0 Å². The first-order chi connectivity index (χ1) is 9.13. The van der Waals surface area contributed by atoms with Gasteiger partial charge in [-0.3, -0.25) is 4.79 Å². The summed E-state index contributed by atoms with van der Waals surface area (Å²) in [4.78, 5) is 14.0. The number of hydrogen-bond donors (Lipinski definition) is 2. The maximum absolute atomic E-state index is 11.8. The lowest BCUT2D eigenvalue weighted by atomic mass is 10.2. The van der Waals surface area contributed by atoms with Crippen molar-refractivity contribution < 1.29 is 9.90 Å². The Morgan fingerprint density at radius 1 is 1.53 bits per heavy atom. The summed E-state index contributed by atoms with van der Waals surface area (Å²) in [7, 11) is 0. The highest BCUT2D eigenvalue weighted by atomic mass is 16.3. The third kappa shape index (κ3) is 4.65. The van der Waals surface area contributed by atoms with Crippen LogP contribution in [0, 0.1) is 6.92 Å². The molecule has 1 atom stereocenters. The van der Waals surface area contributed by atoms with E-state index in [2.05, 4.69) is 10.2 Å². The number of carbonyl (C=O) groups excluding carboxylic acids is 1. The summed E-state index contributed by atoms with van der Waals surface area (Å²) in [5.74, 6) is 0.0605. The van der Waals surface area contributed by atoms with E-state index in [0.717, 1.165) is 43.7 Å². The highest BCUT2D eigenvalue weighted by Gasteiger charge is 2.19. The van der Waals surface area contributed by atoms with Crippen LogP contribution in [0.1, 0.15) is 24.8 Å². The van der Waals surface area contributed by atoms with Gasteiger partial charge >= 0.3 is 0 Å². The lowest BCUT2D eigenvalue weighted by molar-refractivity contribution is -0.116. The van der Waals surface area contributed by atoms with Gasteiger partial charge in [0.05, 0.1) is 6.10 Å². The van der Waals surface area contributed by atoms with E-state index >= 15 is 0 Å². The van der Waals surface area contributed by atoms with E-state index in [1.54, 1.807) is 0 Å². The molecule has 0 saturated carbocycles. The highest BCUT2D eigenvalue weighted by Crippen LogP contribution is 2.12. The summed E-state index contributed by atoms with van der Waals surface area (Å²) in [6.07, 6.45) is 2.04. The molecule has 1 fully saturated rings. The van der Waals surface area contributed by atoms with Gasteiger partial charge in [-0.15, -0.1) is 0 Å². The van der Waals surface area contributed by atoms with Crippen LogP contribution in [0.4, 0.5) is 5.69 Å². The predicted molar refractivity (Wildman–Crippen MR) is 76.1 cm³/mol. The van der Waals surface area contributed by atoms with Crippen molar-refractivity contribution in [3.8, 4) is 0 Å². The lowest BCUT2D eigenvalue weighted by Gasteiger charge is -2.14. The topological polar surface area (TPSA) is 52.6 Å². The first-order valence-electron chi connectivity index (χ1n) is 6.90. The normalized spacial score (nSPS) is 19.6. The minimum Gasteiger partial charge on any atom is -0.392 e. The van der Waals surface area contributed by atoms with E-state index in [1.807, 2.05) is 31.2 Å². The Morgan fingerprint density at radius 3 is 3.05 bits per heavy atom. The zero-order chi connectivity index (χ0) is 13.7. The number of hydrogen-bond acceptors (Lipinski definition) is 3. The van der Waals surface area contributed by atoms with Crippen molar-refractivity contribution in [2.45, 2.75) is 32.3 Å². The number of aliphatic hydroxyl groups is 1. The second-order valence-corrected chi connectivity index (χ2v) is 5.26. The molecule has 2 N–H and O–H groups in total. The van der Waals surface area contributed by atoms with Crippen LogP contribution >= 0.6 is 0 Å².